The zero-order valence-electron chi connectivity index (χ0n) is 15.2. The lowest BCUT2D eigenvalue weighted by Crippen LogP contribution is -2.20. The minimum Gasteiger partial charge on any atom is -0.300 e. The van der Waals surface area contributed by atoms with Crippen LogP contribution in [0.15, 0.2) is 47.6 Å². The first-order valence-electron chi connectivity index (χ1n) is 8.32. The molecule has 1 atom stereocenters. The molecule has 3 aromatic rings. The van der Waals surface area contributed by atoms with Crippen LogP contribution < -0.4 is 0 Å². The van der Waals surface area contributed by atoms with Gasteiger partial charge in [-0.3, -0.25) is 9.47 Å². The van der Waals surface area contributed by atoms with Crippen LogP contribution in [0.25, 0.3) is 5.69 Å². The Morgan fingerprint density at radius 3 is 2.44 bits per heavy atom. The minimum absolute atomic E-state index is 0.0195. The van der Waals surface area contributed by atoms with Crippen molar-refractivity contribution < 1.29 is 8.78 Å². The number of thioether (sulfide) groups is 1. The van der Waals surface area contributed by atoms with Gasteiger partial charge in [0.05, 0.1) is 6.04 Å². The molecule has 4 nitrogen and oxygen atoms in total. The molecule has 0 saturated carbocycles. The van der Waals surface area contributed by atoms with E-state index in [4.69, 9.17) is 11.6 Å². The van der Waals surface area contributed by atoms with Crippen molar-refractivity contribution in [3.63, 3.8) is 0 Å². The standard InChI is InChI=1S/C19H19ClF2N4S/c1-12(25(2)3)18-23-24-19(26(18)14-9-7-13(21)8-10-14)27-11-15-16(20)5-4-6-17(15)22/h4-10,12H,11H2,1-3H3/t12-/m0/s1. The van der Waals surface area contributed by atoms with Crippen molar-refractivity contribution >= 4 is 23.4 Å². The van der Waals surface area contributed by atoms with Gasteiger partial charge >= 0.3 is 0 Å². The van der Waals surface area contributed by atoms with Gasteiger partial charge in [0.1, 0.15) is 11.6 Å². The number of nitrogens with zero attached hydrogens (tertiary/aromatic N) is 4. The van der Waals surface area contributed by atoms with E-state index in [-0.39, 0.29) is 17.7 Å². The van der Waals surface area contributed by atoms with Gasteiger partial charge in [-0.1, -0.05) is 29.4 Å². The average molecular weight is 409 g/mol. The lowest BCUT2D eigenvalue weighted by atomic mass is 10.2. The molecule has 0 radical (unpaired) electrons. The monoisotopic (exact) mass is 408 g/mol. The summed E-state index contributed by atoms with van der Waals surface area (Å²) in [7, 11) is 3.89. The Morgan fingerprint density at radius 2 is 1.81 bits per heavy atom. The van der Waals surface area contributed by atoms with Gasteiger partial charge in [-0.15, -0.1) is 10.2 Å². The second-order valence-corrected chi connectivity index (χ2v) is 7.63. The molecule has 2 aromatic carbocycles. The molecule has 0 saturated heterocycles. The van der Waals surface area contributed by atoms with Gasteiger partial charge in [0.2, 0.25) is 0 Å². The number of benzene rings is 2. The molecular formula is C19H19ClF2N4S. The molecule has 0 N–H and O–H groups in total. The molecule has 1 heterocycles. The summed E-state index contributed by atoms with van der Waals surface area (Å²) in [5.41, 5.74) is 1.16. The molecule has 3 rings (SSSR count). The lowest BCUT2D eigenvalue weighted by molar-refractivity contribution is 0.305. The van der Waals surface area contributed by atoms with Gasteiger partial charge in [-0.05, 0) is 57.4 Å². The topological polar surface area (TPSA) is 34.0 Å². The van der Waals surface area contributed by atoms with Gasteiger partial charge < -0.3 is 0 Å². The van der Waals surface area contributed by atoms with Crippen molar-refractivity contribution in [2.75, 3.05) is 14.1 Å². The smallest absolute Gasteiger partial charge is 0.196 e. The Labute approximate surface area is 166 Å². The van der Waals surface area contributed by atoms with E-state index in [1.165, 1.54) is 30.0 Å². The first-order valence-corrected chi connectivity index (χ1v) is 9.68. The molecule has 0 bridgehead atoms. The summed E-state index contributed by atoms with van der Waals surface area (Å²) in [4.78, 5) is 2.01. The van der Waals surface area contributed by atoms with Crippen LogP contribution in [0.3, 0.4) is 0 Å². The highest BCUT2D eigenvalue weighted by molar-refractivity contribution is 7.98. The lowest BCUT2D eigenvalue weighted by Gasteiger charge is -2.20. The molecular weight excluding hydrogens is 390 g/mol. The Balaban J connectivity index is 1.99. The van der Waals surface area contributed by atoms with Crippen LogP contribution in [0.4, 0.5) is 8.78 Å². The minimum atomic E-state index is -0.357. The zero-order chi connectivity index (χ0) is 19.6. The third-order valence-electron chi connectivity index (χ3n) is 4.30. The summed E-state index contributed by atoms with van der Waals surface area (Å²) in [6, 6.07) is 10.7. The van der Waals surface area contributed by atoms with E-state index >= 15 is 0 Å². The van der Waals surface area contributed by atoms with Crippen molar-refractivity contribution in [1.82, 2.24) is 19.7 Å². The molecule has 0 fully saturated rings. The Bertz CT molecular complexity index is 908. The second-order valence-electron chi connectivity index (χ2n) is 6.28. The van der Waals surface area contributed by atoms with Crippen LogP contribution in [0.5, 0.6) is 0 Å². The highest BCUT2D eigenvalue weighted by Gasteiger charge is 2.21. The second kappa shape index (κ2) is 8.37. The van der Waals surface area contributed by atoms with E-state index < -0.39 is 0 Å². The van der Waals surface area contributed by atoms with Crippen molar-refractivity contribution in [2.45, 2.75) is 23.9 Å². The maximum absolute atomic E-state index is 14.1. The number of aromatic nitrogens is 3. The van der Waals surface area contributed by atoms with Crippen LogP contribution in [-0.2, 0) is 5.75 Å². The van der Waals surface area contributed by atoms with Gasteiger partial charge in [-0.25, -0.2) is 8.78 Å². The predicted molar refractivity (Wildman–Crippen MR) is 104 cm³/mol. The van der Waals surface area contributed by atoms with Gasteiger partial charge in [0.15, 0.2) is 11.0 Å². The molecule has 0 aliphatic rings. The molecule has 27 heavy (non-hydrogen) atoms. The van der Waals surface area contributed by atoms with Crippen molar-refractivity contribution in [1.29, 1.82) is 0 Å². The highest BCUT2D eigenvalue weighted by atomic mass is 35.5. The molecule has 0 aliphatic heterocycles. The van der Waals surface area contributed by atoms with Crippen LogP contribution in [0.1, 0.15) is 24.4 Å². The van der Waals surface area contributed by atoms with Gasteiger partial charge in [-0.2, -0.15) is 0 Å². The summed E-state index contributed by atoms with van der Waals surface area (Å²) >= 11 is 7.45. The first kappa shape index (κ1) is 19.8. The normalized spacial score (nSPS) is 12.6. The van der Waals surface area contributed by atoms with Crippen LogP contribution in [-0.4, -0.2) is 33.8 Å². The third kappa shape index (κ3) is 4.31. The molecule has 0 aliphatic carbocycles. The van der Waals surface area contributed by atoms with Crippen LogP contribution >= 0.6 is 23.4 Å². The zero-order valence-corrected chi connectivity index (χ0v) is 16.7. The predicted octanol–water partition coefficient (Wildman–Crippen LogP) is 5.11. The summed E-state index contributed by atoms with van der Waals surface area (Å²) in [5, 5.41) is 9.57. The van der Waals surface area contributed by atoms with E-state index in [0.29, 0.717) is 27.3 Å². The largest absolute Gasteiger partial charge is 0.300 e. The molecule has 0 unspecified atom stereocenters. The van der Waals surface area contributed by atoms with E-state index in [9.17, 15) is 8.78 Å². The first-order chi connectivity index (χ1) is 12.9. The fraction of sp³-hybridized carbons (Fsp3) is 0.263. The van der Waals surface area contributed by atoms with Gasteiger partial charge in [0.25, 0.3) is 0 Å². The van der Waals surface area contributed by atoms with Crippen molar-refractivity contribution in [3.8, 4) is 5.69 Å². The quantitative estimate of drug-likeness (QED) is 0.530. The number of halogens is 3. The van der Waals surface area contributed by atoms with E-state index in [0.717, 1.165) is 5.69 Å². The summed E-state index contributed by atoms with van der Waals surface area (Å²) in [5.74, 6) is 0.348. The SMILES string of the molecule is C[C@@H](c1nnc(SCc2c(F)cccc2Cl)n1-c1ccc(F)cc1)N(C)C. The highest BCUT2D eigenvalue weighted by Crippen LogP contribution is 2.31. The molecule has 8 heteroatoms. The Hall–Kier alpha value is -1.96. The molecule has 142 valence electrons. The molecule has 0 spiro atoms. The Kier molecular flexibility index (Phi) is 6.14. The number of hydrogen-bond acceptors (Lipinski definition) is 4. The average Bonchev–Trinajstić information content (AvgIpc) is 3.05. The van der Waals surface area contributed by atoms with Gasteiger partial charge in [0, 0.05) is 22.0 Å². The summed E-state index contributed by atoms with van der Waals surface area (Å²) < 4.78 is 29.3. The van der Waals surface area contributed by atoms with Crippen LogP contribution in [0.2, 0.25) is 5.02 Å². The van der Waals surface area contributed by atoms with Crippen LogP contribution in [0, 0.1) is 11.6 Å². The third-order valence-corrected chi connectivity index (χ3v) is 5.61. The summed E-state index contributed by atoms with van der Waals surface area (Å²) in [6.07, 6.45) is 0. The Morgan fingerprint density at radius 1 is 1.11 bits per heavy atom. The van der Waals surface area contributed by atoms with Crippen molar-refractivity contribution in [2.24, 2.45) is 0 Å². The fourth-order valence-electron chi connectivity index (χ4n) is 2.52. The van der Waals surface area contributed by atoms with E-state index in [2.05, 4.69) is 10.2 Å². The summed E-state index contributed by atoms with van der Waals surface area (Å²) in [6.45, 7) is 2.01. The molecule has 1 aromatic heterocycles. The maximum atomic E-state index is 14.1. The number of rotatable bonds is 6. The van der Waals surface area contributed by atoms with E-state index in [1.807, 2.05) is 30.5 Å². The number of hydrogen-bond donors (Lipinski definition) is 0. The fourth-order valence-corrected chi connectivity index (χ4v) is 3.82. The molecule has 0 amide bonds. The van der Waals surface area contributed by atoms with E-state index in [1.54, 1.807) is 24.3 Å². The van der Waals surface area contributed by atoms with Crippen molar-refractivity contribution in [3.05, 3.63) is 70.5 Å². The maximum Gasteiger partial charge on any atom is 0.196 e.